The number of phenolic OH excluding ortho intramolecular Hbond substituents is 1. The first-order valence-electron chi connectivity index (χ1n) is 12.2. The number of fused-ring (bicyclic) bond motifs is 1. The van der Waals surface area contributed by atoms with Crippen LogP contribution >= 0.6 is 27.0 Å². The van der Waals surface area contributed by atoms with Crippen molar-refractivity contribution in [2.75, 3.05) is 13.2 Å². The number of hydrogen-bond donors (Lipinski definition) is 2. The molecule has 9 heteroatoms. The third-order valence-electron chi connectivity index (χ3n) is 6.86. The van der Waals surface area contributed by atoms with E-state index in [2.05, 4.69) is 5.32 Å². The number of likely N-dealkylation sites (tertiary alicyclic amines) is 1. The highest BCUT2D eigenvalue weighted by Gasteiger charge is 2.45. The number of ether oxygens (including phenoxy) is 1. The normalized spacial score (nSPS) is 18.9. The Balaban J connectivity index is 0.00000200. The van der Waals surface area contributed by atoms with Gasteiger partial charge in [-0.1, -0.05) is 54.6 Å². The number of carbonyl (C=O) groups is 3. The van der Waals surface area contributed by atoms with Gasteiger partial charge in [0.1, 0.15) is 24.4 Å². The molecule has 3 atom stereocenters. The number of benzene rings is 3. The maximum atomic E-state index is 13.7. The maximum Gasteiger partial charge on any atom is 0.251 e. The van der Waals surface area contributed by atoms with E-state index in [4.69, 9.17) is 4.74 Å². The van der Waals surface area contributed by atoms with Gasteiger partial charge in [-0.25, -0.2) is 0 Å². The van der Waals surface area contributed by atoms with Crippen molar-refractivity contribution >= 4 is 44.6 Å². The summed E-state index contributed by atoms with van der Waals surface area (Å²) in [6.45, 7) is 0.463. The van der Waals surface area contributed by atoms with E-state index in [0.29, 0.717) is 12.1 Å². The molecule has 2 aliphatic rings. The Morgan fingerprint density at radius 2 is 1.61 bits per heavy atom. The van der Waals surface area contributed by atoms with Crippen molar-refractivity contribution in [3.63, 3.8) is 0 Å². The van der Waals surface area contributed by atoms with Crippen molar-refractivity contribution in [3.8, 4) is 16.9 Å². The number of nitrogens with zero attached hydrogens (tertiary/aromatic N) is 1. The molecule has 0 aliphatic carbocycles. The van der Waals surface area contributed by atoms with Gasteiger partial charge in [-0.2, -0.15) is 27.0 Å². The molecule has 7 nitrogen and oxygen atoms in total. The van der Waals surface area contributed by atoms with Crippen LogP contribution in [0.2, 0.25) is 0 Å². The largest absolute Gasteiger partial charge is 0.508 e. The minimum Gasteiger partial charge on any atom is -0.508 e. The minimum atomic E-state index is -0.872. The summed E-state index contributed by atoms with van der Waals surface area (Å²) in [4.78, 5) is 41.0. The van der Waals surface area contributed by atoms with Crippen LogP contribution in [0.3, 0.4) is 0 Å². The number of phenols is 1. The van der Waals surface area contributed by atoms with Gasteiger partial charge in [-0.15, -0.1) is 0 Å². The molecule has 38 heavy (non-hydrogen) atoms. The van der Waals surface area contributed by atoms with E-state index in [1.54, 1.807) is 41.3 Å². The lowest BCUT2D eigenvalue weighted by atomic mass is 9.95. The predicted molar refractivity (Wildman–Crippen MR) is 155 cm³/mol. The van der Waals surface area contributed by atoms with Gasteiger partial charge in [-0.3, -0.25) is 14.4 Å². The van der Waals surface area contributed by atoms with Gasteiger partial charge >= 0.3 is 0 Å². The molecule has 2 amide bonds. The molecule has 5 rings (SSSR count). The first-order valence-corrected chi connectivity index (χ1v) is 12.2. The van der Waals surface area contributed by atoms with Gasteiger partial charge in [0.05, 0.1) is 6.10 Å². The highest BCUT2D eigenvalue weighted by atomic mass is 32.1. The molecule has 2 N–H and O–H groups in total. The molecule has 0 saturated carbocycles. The Labute approximate surface area is 236 Å². The number of hydrogen-bond acceptors (Lipinski definition) is 5. The molecule has 3 aromatic carbocycles. The fraction of sp³-hybridized carbons (Fsp3) is 0.276. The SMILES string of the molecule is O=C(N[C@@H](Cc1ccc(O)cc1)C(=O)N1CCC[C@H]2OCC(=O)[C@H]21)c1ccc(-c2ccccc2)cc1.S.S. The van der Waals surface area contributed by atoms with Gasteiger partial charge in [0.15, 0.2) is 5.78 Å². The van der Waals surface area contributed by atoms with Crippen molar-refractivity contribution in [2.45, 2.75) is 37.5 Å². The van der Waals surface area contributed by atoms with Crippen LogP contribution in [0.4, 0.5) is 0 Å². The zero-order chi connectivity index (χ0) is 25.1. The van der Waals surface area contributed by atoms with Crippen LogP contribution in [-0.4, -0.2) is 58.9 Å². The summed E-state index contributed by atoms with van der Waals surface area (Å²) in [5.41, 5.74) is 3.26. The van der Waals surface area contributed by atoms with E-state index in [-0.39, 0.29) is 69.5 Å². The summed E-state index contributed by atoms with van der Waals surface area (Å²) >= 11 is 0. The second-order valence-electron chi connectivity index (χ2n) is 9.27. The minimum absolute atomic E-state index is 0. The molecule has 2 heterocycles. The average Bonchev–Trinajstić information content (AvgIpc) is 3.30. The van der Waals surface area contributed by atoms with E-state index in [1.807, 2.05) is 42.5 Å². The lowest BCUT2D eigenvalue weighted by Gasteiger charge is -2.37. The van der Waals surface area contributed by atoms with E-state index in [1.165, 1.54) is 0 Å². The van der Waals surface area contributed by atoms with Crippen molar-refractivity contribution in [2.24, 2.45) is 0 Å². The number of carbonyl (C=O) groups excluding carboxylic acids is 3. The van der Waals surface area contributed by atoms with Gasteiger partial charge in [-0.05, 0) is 53.8 Å². The Hall–Kier alpha value is -3.27. The Kier molecular flexibility index (Phi) is 10.0. The van der Waals surface area contributed by atoms with E-state index in [9.17, 15) is 19.5 Å². The molecular weight excluding hydrogens is 520 g/mol. The zero-order valence-corrected chi connectivity index (χ0v) is 22.8. The number of nitrogens with one attached hydrogen (secondary N) is 1. The second-order valence-corrected chi connectivity index (χ2v) is 9.27. The fourth-order valence-corrected chi connectivity index (χ4v) is 4.99. The molecule has 2 fully saturated rings. The summed E-state index contributed by atoms with van der Waals surface area (Å²) in [6.07, 6.45) is 1.42. The predicted octanol–water partition coefficient (Wildman–Crippen LogP) is 3.58. The van der Waals surface area contributed by atoms with Gasteiger partial charge in [0.2, 0.25) is 5.91 Å². The molecule has 2 aliphatic heterocycles. The standard InChI is InChI=1S/C29H28N2O5.2H2S/c32-23-14-8-19(9-15-23)17-24(29(35)31-16-4-7-26-27(31)25(33)18-36-26)30-28(34)22-12-10-21(11-13-22)20-5-2-1-3-6-20;;/h1-3,5-6,8-15,24,26-27,32H,4,7,16-18H2,(H,30,34);2*1H2/t24-,26+,27+;;/m0../s1. The van der Waals surface area contributed by atoms with Crippen LogP contribution in [0, 0.1) is 0 Å². The van der Waals surface area contributed by atoms with Crippen molar-refractivity contribution in [3.05, 3.63) is 90.0 Å². The quantitative estimate of drug-likeness (QED) is 0.487. The summed E-state index contributed by atoms with van der Waals surface area (Å²) in [5.74, 6) is -0.642. The monoisotopic (exact) mass is 552 g/mol. The summed E-state index contributed by atoms with van der Waals surface area (Å²) in [6, 6.07) is 22.2. The number of aromatic hydroxyl groups is 1. The molecule has 3 aromatic rings. The highest BCUT2D eigenvalue weighted by Crippen LogP contribution is 2.27. The van der Waals surface area contributed by atoms with Gasteiger partial charge < -0.3 is 20.1 Å². The van der Waals surface area contributed by atoms with Crippen molar-refractivity contribution in [1.82, 2.24) is 10.2 Å². The number of rotatable bonds is 6. The van der Waals surface area contributed by atoms with Crippen molar-refractivity contribution < 1.29 is 24.2 Å². The summed E-state index contributed by atoms with van der Waals surface area (Å²) < 4.78 is 5.60. The molecule has 200 valence electrons. The van der Waals surface area contributed by atoms with Crippen molar-refractivity contribution in [1.29, 1.82) is 0 Å². The van der Waals surface area contributed by atoms with Crippen LogP contribution in [0.1, 0.15) is 28.8 Å². The fourth-order valence-electron chi connectivity index (χ4n) is 4.99. The molecular formula is C29H32N2O5S2. The van der Waals surface area contributed by atoms with Crippen LogP contribution in [-0.2, 0) is 20.7 Å². The van der Waals surface area contributed by atoms with Gasteiger partial charge in [0, 0.05) is 18.5 Å². The Morgan fingerprint density at radius 3 is 2.29 bits per heavy atom. The number of amides is 2. The first kappa shape index (κ1) is 29.3. The highest BCUT2D eigenvalue weighted by molar-refractivity contribution is 7.59. The second kappa shape index (κ2) is 13.0. The summed E-state index contributed by atoms with van der Waals surface area (Å²) in [5, 5.41) is 12.5. The Bertz CT molecular complexity index is 1250. The number of ketones is 1. The first-order chi connectivity index (χ1) is 17.5. The number of Topliss-reactive ketones (excluding diaryl/α,β-unsaturated/α-hetero) is 1. The van der Waals surface area contributed by atoms with Crippen LogP contribution < -0.4 is 5.32 Å². The smallest absolute Gasteiger partial charge is 0.251 e. The lowest BCUT2D eigenvalue weighted by molar-refractivity contribution is -0.142. The maximum absolute atomic E-state index is 13.7. The molecule has 0 unspecified atom stereocenters. The van der Waals surface area contributed by atoms with Crippen LogP contribution in [0.5, 0.6) is 5.75 Å². The molecule has 0 radical (unpaired) electrons. The lowest BCUT2D eigenvalue weighted by Crippen LogP contribution is -2.58. The molecule has 0 spiro atoms. The van der Waals surface area contributed by atoms with Crippen LogP contribution in [0.15, 0.2) is 78.9 Å². The zero-order valence-electron chi connectivity index (χ0n) is 20.8. The molecule has 0 bridgehead atoms. The third kappa shape index (κ3) is 6.40. The van der Waals surface area contributed by atoms with Gasteiger partial charge in [0.25, 0.3) is 5.91 Å². The topological polar surface area (TPSA) is 95.9 Å². The average molecular weight is 553 g/mol. The molecule has 0 aromatic heterocycles. The van der Waals surface area contributed by atoms with E-state index in [0.717, 1.165) is 29.5 Å². The third-order valence-corrected chi connectivity index (χ3v) is 6.86. The Morgan fingerprint density at radius 1 is 0.947 bits per heavy atom. The van der Waals surface area contributed by atoms with E-state index >= 15 is 0 Å². The van der Waals surface area contributed by atoms with Crippen LogP contribution in [0.25, 0.3) is 11.1 Å². The number of piperidine rings is 1. The molecule has 2 saturated heterocycles. The summed E-state index contributed by atoms with van der Waals surface area (Å²) in [7, 11) is 0. The van der Waals surface area contributed by atoms with E-state index < -0.39 is 12.1 Å².